The van der Waals surface area contributed by atoms with E-state index < -0.39 is 0 Å². The zero-order chi connectivity index (χ0) is 19.1. The molecule has 3 rings (SSSR count). The van der Waals surface area contributed by atoms with Crippen molar-refractivity contribution in [3.8, 4) is 0 Å². The van der Waals surface area contributed by atoms with E-state index in [1.807, 2.05) is 6.07 Å². The first kappa shape index (κ1) is 18.1. The van der Waals surface area contributed by atoms with Gasteiger partial charge in [-0.1, -0.05) is 24.3 Å². The Kier molecular flexibility index (Phi) is 5.79. The van der Waals surface area contributed by atoms with Gasteiger partial charge in [-0.3, -0.25) is 9.59 Å². The Morgan fingerprint density at radius 2 is 1.44 bits per heavy atom. The summed E-state index contributed by atoms with van der Waals surface area (Å²) in [4.78, 5) is 24.2. The molecule has 0 aliphatic rings. The first-order valence-electron chi connectivity index (χ1n) is 8.36. The quantitative estimate of drug-likeness (QED) is 0.617. The number of anilines is 3. The van der Waals surface area contributed by atoms with Crippen LogP contribution in [-0.2, 0) is 4.79 Å². The normalized spacial score (nSPS) is 10.1. The van der Waals surface area contributed by atoms with E-state index in [4.69, 9.17) is 0 Å². The second kappa shape index (κ2) is 8.62. The Balaban J connectivity index is 1.55. The van der Waals surface area contributed by atoms with Crippen molar-refractivity contribution >= 4 is 28.9 Å². The standard InChI is InChI=1S/C21H18FN3O2/c22-16-9-11-17(12-10-16)24-20(26)14-23-18-7-4-8-19(13-18)25-21(27)15-5-2-1-3-6-15/h1-13,23H,14H2,(H,24,26)(H,25,27). The Labute approximate surface area is 156 Å². The molecule has 2 amide bonds. The maximum atomic E-state index is 12.9. The molecule has 6 heteroatoms. The Hall–Kier alpha value is -3.67. The molecular formula is C21H18FN3O2. The molecule has 0 aliphatic heterocycles. The van der Waals surface area contributed by atoms with Gasteiger partial charge < -0.3 is 16.0 Å². The van der Waals surface area contributed by atoms with Gasteiger partial charge in [-0.15, -0.1) is 0 Å². The lowest BCUT2D eigenvalue weighted by atomic mass is 10.2. The van der Waals surface area contributed by atoms with Gasteiger partial charge in [-0.25, -0.2) is 4.39 Å². The van der Waals surface area contributed by atoms with Crippen molar-refractivity contribution in [3.63, 3.8) is 0 Å². The third kappa shape index (κ3) is 5.40. The molecule has 0 fully saturated rings. The van der Waals surface area contributed by atoms with E-state index in [1.165, 1.54) is 24.3 Å². The van der Waals surface area contributed by atoms with Crippen LogP contribution in [0.3, 0.4) is 0 Å². The van der Waals surface area contributed by atoms with Crippen LogP contribution in [0.4, 0.5) is 21.5 Å². The van der Waals surface area contributed by atoms with E-state index in [2.05, 4.69) is 16.0 Å². The van der Waals surface area contributed by atoms with Crippen LogP contribution in [0.5, 0.6) is 0 Å². The predicted octanol–water partition coefficient (Wildman–Crippen LogP) is 4.13. The van der Waals surface area contributed by atoms with Crippen LogP contribution in [0.25, 0.3) is 0 Å². The molecule has 5 nitrogen and oxygen atoms in total. The number of rotatable bonds is 6. The van der Waals surface area contributed by atoms with Crippen LogP contribution in [-0.4, -0.2) is 18.4 Å². The lowest BCUT2D eigenvalue weighted by Crippen LogP contribution is -2.21. The van der Waals surface area contributed by atoms with Crippen molar-refractivity contribution in [2.45, 2.75) is 0 Å². The molecule has 27 heavy (non-hydrogen) atoms. The van der Waals surface area contributed by atoms with Crippen molar-refractivity contribution in [2.24, 2.45) is 0 Å². The summed E-state index contributed by atoms with van der Waals surface area (Å²) in [7, 11) is 0. The second-order valence-electron chi connectivity index (χ2n) is 5.81. The number of hydrogen-bond donors (Lipinski definition) is 3. The second-order valence-corrected chi connectivity index (χ2v) is 5.81. The lowest BCUT2D eigenvalue weighted by Gasteiger charge is -2.10. The van der Waals surface area contributed by atoms with Crippen LogP contribution in [0.1, 0.15) is 10.4 Å². The molecule has 0 atom stereocenters. The van der Waals surface area contributed by atoms with E-state index in [9.17, 15) is 14.0 Å². The molecule has 0 aliphatic carbocycles. The minimum absolute atomic E-state index is 0.0352. The fraction of sp³-hybridized carbons (Fsp3) is 0.0476. The van der Waals surface area contributed by atoms with Gasteiger partial charge in [0.15, 0.2) is 0 Å². The number of carbonyl (C=O) groups excluding carboxylic acids is 2. The number of benzene rings is 3. The van der Waals surface area contributed by atoms with Gasteiger partial charge >= 0.3 is 0 Å². The third-order valence-electron chi connectivity index (χ3n) is 3.74. The Morgan fingerprint density at radius 1 is 0.741 bits per heavy atom. The number of carbonyl (C=O) groups is 2. The van der Waals surface area contributed by atoms with Gasteiger partial charge in [0, 0.05) is 22.6 Å². The monoisotopic (exact) mass is 363 g/mol. The van der Waals surface area contributed by atoms with Crippen LogP contribution in [0.15, 0.2) is 78.9 Å². The molecule has 0 aromatic heterocycles. The summed E-state index contributed by atoms with van der Waals surface area (Å²) >= 11 is 0. The minimum Gasteiger partial charge on any atom is -0.376 e. The molecule has 0 saturated heterocycles. The molecule has 0 saturated carbocycles. The van der Waals surface area contributed by atoms with Gasteiger partial charge in [-0.05, 0) is 54.6 Å². The summed E-state index contributed by atoms with van der Waals surface area (Å²) < 4.78 is 12.9. The van der Waals surface area contributed by atoms with Gasteiger partial charge in [0.25, 0.3) is 5.91 Å². The van der Waals surface area contributed by atoms with E-state index in [0.29, 0.717) is 22.6 Å². The highest BCUT2D eigenvalue weighted by Crippen LogP contribution is 2.16. The summed E-state index contributed by atoms with van der Waals surface area (Å²) in [5.41, 5.74) is 2.39. The molecular weight excluding hydrogens is 345 g/mol. The van der Waals surface area contributed by atoms with Crippen LogP contribution < -0.4 is 16.0 Å². The van der Waals surface area contributed by atoms with Crippen LogP contribution in [0, 0.1) is 5.82 Å². The van der Waals surface area contributed by atoms with Crippen LogP contribution in [0.2, 0.25) is 0 Å². The molecule has 3 N–H and O–H groups in total. The topological polar surface area (TPSA) is 70.2 Å². The summed E-state index contributed by atoms with van der Waals surface area (Å²) in [5, 5.41) is 8.48. The van der Waals surface area contributed by atoms with Crippen molar-refractivity contribution in [1.82, 2.24) is 0 Å². The van der Waals surface area contributed by atoms with Gasteiger partial charge in [0.05, 0.1) is 6.54 Å². The third-order valence-corrected chi connectivity index (χ3v) is 3.74. The highest BCUT2D eigenvalue weighted by Gasteiger charge is 2.06. The molecule has 0 heterocycles. The van der Waals surface area contributed by atoms with Gasteiger partial charge in [-0.2, -0.15) is 0 Å². The fourth-order valence-electron chi connectivity index (χ4n) is 2.42. The molecule has 0 bridgehead atoms. The van der Waals surface area contributed by atoms with E-state index >= 15 is 0 Å². The summed E-state index contributed by atoms with van der Waals surface area (Å²) in [6.07, 6.45) is 0. The first-order valence-corrected chi connectivity index (χ1v) is 8.36. The molecule has 3 aromatic rings. The number of nitrogens with one attached hydrogen (secondary N) is 3. The van der Waals surface area contributed by atoms with Crippen molar-refractivity contribution in [1.29, 1.82) is 0 Å². The molecule has 0 unspecified atom stereocenters. The van der Waals surface area contributed by atoms with E-state index in [-0.39, 0.29) is 24.2 Å². The van der Waals surface area contributed by atoms with Crippen molar-refractivity contribution < 1.29 is 14.0 Å². The van der Waals surface area contributed by atoms with E-state index in [0.717, 1.165) is 0 Å². The molecule has 0 radical (unpaired) electrons. The first-order chi connectivity index (χ1) is 13.1. The predicted molar refractivity (Wildman–Crippen MR) is 104 cm³/mol. The van der Waals surface area contributed by atoms with Gasteiger partial charge in [0.2, 0.25) is 5.91 Å². The lowest BCUT2D eigenvalue weighted by molar-refractivity contribution is -0.114. The Bertz CT molecular complexity index is 928. The molecule has 3 aromatic carbocycles. The average Bonchev–Trinajstić information content (AvgIpc) is 2.69. The maximum absolute atomic E-state index is 12.9. The minimum atomic E-state index is -0.361. The SMILES string of the molecule is O=C(CNc1cccc(NC(=O)c2ccccc2)c1)Nc1ccc(F)cc1. The summed E-state index contributed by atoms with van der Waals surface area (Å²) in [5.74, 6) is -0.831. The van der Waals surface area contributed by atoms with Crippen molar-refractivity contribution in [2.75, 3.05) is 22.5 Å². The van der Waals surface area contributed by atoms with Crippen LogP contribution >= 0.6 is 0 Å². The zero-order valence-corrected chi connectivity index (χ0v) is 14.4. The number of halogens is 1. The summed E-state index contributed by atoms with van der Waals surface area (Å²) in [6, 6.07) is 21.5. The highest BCUT2D eigenvalue weighted by atomic mass is 19.1. The number of hydrogen-bond acceptors (Lipinski definition) is 3. The summed E-state index contributed by atoms with van der Waals surface area (Å²) in [6.45, 7) is 0.0352. The maximum Gasteiger partial charge on any atom is 0.255 e. The van der Waals surface area contributed by atoms with Gasteiger partial charge in [0.1, 0.15) is 5.82 Å². The largest absolute Gasteiger partial charge is 0.376 e. The van der Waals surface area contributed by atoms with Crippen molar-refractivity contribution in [3.05, 3.63) is 90.2 Å². The smallest absolute Gasteiger partial charge is 0.255 e. The molecule has 136 valence electrons. The molecule has 0 spiro atoms. The number of amides is 2. The highest BCUT2D eigenvalue weighted by molar-refractivity contribution is 6.04. The zero-order valence-electron chi connectivity index (χ0n) is 14.4. The average molecular weight is 363 g/mol. The fourth-order valence-corrected chi connectivity index (χ4v) is 2.42. The van der Waals surface area contributed by atoms with E-state index in [1.54, 1.807) is 48.5 Å². The Morgan fingerprint density at radius 3 is 2.19 bits per heavy atom.